The molecule has 0 fully saturated rings. The molecule has 0 saturated carbocycles. The zero-order valence-corrected chi connectivity index (χ0v) is 19.6. The van der Waals surface area contributed by atoms with Crippen LogP contribution in [0.15, 0.2) is 47.9 Å². The number of hydrogen-bond donors (Lipinski definition) is 1. The molecule has 1 unspecified atom stereocenters. The Hall–Kier alpha value is -3.21. The van der Waals surface area contributed by atoms with Crippen LogP contribution in [0.5, 0.6) is 0 Å². The van der Waals surface area contributed by atoms with Gasteiger partial charge in [0.25, 0.3) is 5.91 Å². The number of ketones is 1. The van der Waals surface area contributed by atoms with Gasteiger partial charge in [-0.05, 0) is 38.1 Å². The number of halogens is 2. The van der Waals surface area contributed by atoms with E-state index >= 15 is 0 Å². The van der Waals surface area contributed by atoms with E-state index in [-0.39, 0.29) is 15.7 Å². The summed E-state index contributed by atoms with van der Waals surface area (Å²) in [5.74, 6) is -2.58. The minimum Gasteiger partial charge on any atom is -0.503 e. The van der Waals surface area contributed by atoms with Gasteiger partial charge in [0, 0.05) is 6.20 Å². The normalized spacial score (nSPS) is 16.3. The number of aromatic nitrogens is 3. The van der Waals surface area contributed by atoms with E-state index in [0.717, 1.165) is 11.3 Å². The number of aliphatic hydroxyl groups is 1. The van der Waals surface area contributed by atoms with E-state index in [1.807, 2.05) is 0 Å². The van der Waals surface area contributed by atoms with Crippen molar-refractivity contribution in [3.8, 4) is 0 Å². The van der Waals surface area contributed by atoms with Gasteiger partial charge in [0.05, 0.1) is 42.1 Å². The summed E-state index contributed by atoms with van der Waals surface area (Å²) in [6, 6.07) is 6.66. The molecule has 4 heterocycles. The first-order chi connectivity index (χ1) is 15.8. The Kier molecular flexibility index (Phi) is 5.23. The first-order valence-electron chi connectivity index (χ1n) is 9.68. The average Bonchev–Trinajstić information content (AvgIpc) is 3.42. The molecule has 0 spiro atoms. The second kappa shape index (κ2) is 7.98. The lowest BCUT2D eigenvalue weighted by Crippen LogP contribution is -2.31. The maximum atomic E-state index is 14.0. The molecule has 7 nitrogen and oxygen atoms in total. The van der Waals surface area contributed by atoms with Gasteiger partial charge in [-0.2, -0.15) is 0 Å². The molecule has 4 aromatic rings. The molecular formula is C22H14ClFN4O3S2. The Balaban J connectivity index is 1.69. The molecule has 0 aliphatic carbocycles. The van der Waals surface area contributed by atoms with Gasteiger partial charge >= 0.3 is 0 Å². The van der Waals surface area contributed by atoms with E-state index in [1.54, 1.807) is 32.0 Å². The molecule has 166 valence electrons. The van der Waals surface area contributed by atoms with Crippen LogP contribution in [0.3, 0.4) is 0 Å². The highest BCUT2D eigenvalue weighted by Crippen LogP contribution is 2.44. The van der Waals surface area contributed by atoms with Crippen LogP contribution in [0, 0.1) is 19.7 Å². The molecule has 1 N–H and O–H groups in total. The quantitative estimate of drug-likeness (QED) is 0.380. The van der Waals surface area contributed by atoms with Crippen molar-refractivity contribution in [3.63, 3.8) is 0 Å². The number of nitrogens with zero attached hydrogens (tertiary/aromatic N) is 4. The predicted molar refractivity (Wildman–Crippen MR) is 125 cm³/mol. The minimum absolute atomic E-state index is 0.0961. The zero-order valence-electron chi connectivity index (χ0n) is 17.2. The summed E-state index contributed by atoms with van der Waals surface area (Å²) in [5.41, 5.74) is 1.18. The Morgan fingerprint density at radius 3 is 2.67 bits per heavy atom. The number of anilines is 1. The number of carbonyl (C=O) groups excluding carboxylic acids is 2. The third-order valence-electron chi connectivity index (χ3n) is 5.16. The second-order valence-electron chi connectivity index (χ2n) is 7.30. The lowest BCUT2D eigenvalue weighted by atomic mass is 9.98. The number of Topliss-reactive ketones (excluding diaryl/α,β-unsaturated/α-hetero) is 1. The molecule has 0 bridgehead atoms. The van der Waals surface area contributed by atoms with Crippen LogP contribution in [0.4, 0.5) is 9.52 Å². The van der Waals surface area contributed by atoms with Gasteiger partial charge in [0.2, 0.25) is 5.78 Å². The smallest absolute Gasteiger partial charge is 0.296 e. The molecule has 11 heteroatoms. The van der Waals surface area contributed by atoms with Crippen LogP contribution in [0.1, 0.15) is 32.1 Å². The van der Waals surface area contributed by atoms with Crippen LogP contribution >= 0.6 is 34.3 Å². The third kappa shape index (κ3) is 3.50. The highest BCUT2D eigenvalue weighted by atomic mass is 35.5. The van der Waals surface area contributed by atoms with Gasteiger partial charge in [0.15, 0.2) is 10.9 Å². The largest absolute Gasteiger partial charge is 0.503 e. The van der Waals surface area contributed by atoms with E-state index in [2.05, 4.69) is 15.0 Å². The first-order valence-corrected chi connectivity index (χ1v) is 11.7. The maximum Gasteiger partial charge on any atom is 0.296 e. The van der Waals surface area contributed by atoms with Crippen molar-refractivity contribution in [1.82, 2.24) is 15.0 Å². The van der Waals surface area contributed by atoms with Crippen molar-refractivity contribution in [2.24, 2.45) is 0 Å². The standard InChI is InChI=1S/C22H14ClFN4O3S2/c1-9-20(32-10(2)26-9)18(29)16-17(13-5-3-4-6-25-13)28(21(31)19(16)30)22-27-14-7-11(23)12(24)8-15(14)33-22/h3-8,17,30H,1-2H3. The monoisotopic (exact) mass is 500 g/mol. The van der Waals surface area contributed by atoms with Crippen molar-refractivity contribution in [1.29, 1.82) is 0 Å². The molecule has 33 heavy (non-hydrogen) atoms. The number of pyridine rings is 1. The van der Waals surface area contributed by atoms with Crippen LogP contribution in [0.25, 0.3) is 10.2 Å². The lowest BCUT2D eigenvalue weighted by Gasteiger charge is -2.23. The summed E-state index contributed by atoms with van der Waals surface area (Å²) in [7, 11) is 0. The fourth-order valence-electron chi connectivity index (χ4n) is 3.73. The summed E-state index contributed by atoms with van der Waals surface area (Å²) < 4.78 is 14.4. The minimum atomic E-state index is -1.02. The number of rotatable bonds is 4. The van der Waals surface area contributed by atoms with Gasteiger partial charge < -0.3 is 5.11 Å². The molecule has 0 saturated heterocycles. The number of benzene rings is 1. The van der Waals surface area contributed by atoms with Crippen molar-refractivity contribution in [3.05, 3.63) is 80.0 Å². The van der Waals surface area contributed by atoms with Crippen LogP contribution in [0.2, 0.25) is 5.02 Å². The van der Waals surface area contributed by atoms with Gasteiger partial charge in [-0.1, -0.05) is 29.0 Å². The van der Waals surface area contributed by atoms with E-state index in [9.17, 15) is 19.1 Å². The number of carbonyl (C=O) groups is 2. The highest BCUT2D eigenvalue weighted by Gasteiger charge is 2.47. The fraction of sp³-hybridized carbons (Fsp3) is 0.136. The van der Waals surface area contributed by atoms with Gasteiger partial charge in [-0.15, -0.1) is 11.3 Å². The summed E-state index contributed by atoms with van der Waals surface area (Å²) in [5, 5.41) is 11.6. The number of thiazole rings is 2. The van der Waals surface area contributed by atoms with Crippen LogP contribution in [-0.2, 0) is 4.79 Å². The second-order valence-corrected chi connectivity index (χ2v) is 9.92. The third-order valence-corrected chi connectivity index (χ3v) is 7.53. The van der Waals surface area contributed by atoms with Gasteiger partial charge in [-0.3, -0.25) is 19.5 Å². The Morgan fingerprint density at radius 1 is 1.21 bits per heavy atom. The number of aryl methyl sites for hydroxylation is 2. The Bertz CT molecular complexity index is 1440. The molecule has 1 amide bonds. The van der Waals surface area contributed by atoms with E-state index in [1.165, 1.54) is 34.6 Å². The highest BCUT2D eigenvalue weighted by molar-refractivity contribution is 7.22. The SMILES string of the molecule is Cc1nc(C)c(C(=O)C2=C(O)C(=O)N(c3nc4cc(Cl)c(F)cc4s3)C2c2ccccn2)s1. The van der Waals surface area contributed by atoms with E-state index in [4.69, 9.17) is 11.6 Å². The summed E-state index contributed by atoms with van der Waals surface area (Å²) in [4.78, 5) is 41.4. The Morgan fingerprint density at radius 2 is 2.00 bits per heavy atom. The average molecular weight is 501 g/mol. The van der Waals surface area contributed by atoms with Gasteiger partial charge in [0.1, 0.15) is 11.9 Å². The predicted octanol–water partition coefficient (Wildman–Crippen LogP) is 5.34. The molecule has 0 radical (unpaired) electrons. The first kappa shape index (κ1) is 21.6. The number of fused-ring (bicyclic) bond motifs is 1. The molecular weight excluding hydrogens is 487 g/mol. The maximum absolute atomic E-state index is 14.0. The topological polar surface area (TPSA) is 96.3 Å². The molecule has 5 rings (SSSR count). The van der Waals surface area contributed by atoms with E-state index in [0.29, 0.717) is 31.5 Å². The van der Waals surface area contributed by atoms with Crippen molar-refractivity contribution >= 4 is 61.3 Å². The van der Waals surface area contributed by atoms with Crippen molar-refractivity contribution < 1.29 is 19.1 Å². The molecule has 1 atom stereocenters. The van der Waals surface area contributed by atoms with E-state index < -0.39 is 29.3 Å². The van der Waals surface area contributed by atoms with Crippen LogP contribution < -0.4 is 4.90 Å². The molecule has 1 aliphatic heterocycles. The fourth-order valence-corrected chi connectivity index (χ4v) is 5.76. The molecule has 1 aromatic carbocycles. The van der Waals surface area contributed by atoms with Gasteiger partial charge in [-0.25, -0.2) is 14.4 Å². The van der Waals surface area contributed by atoms with Crippen LogP contribution in [-0.4, -0.2) is 31.7 Å². The lowest BCUT2D eigenvalue weighted by molar-refractivity contribution is -0.117. The number of amides is 1. The summed E-state index contributed by atoms with van der Waals surface area (Å²) in [6.45, 7) is 3.47. The number of aliphatic hydroxyl groups excluding tert-OH is 1. The Labute approximate surface area is 199 Å². The zero-order chi connectivity index (χ0) is 23.4. The summed E-state index contributed by atoms with van der Waals surface area (Å²) >= 11 is 8.12. The summed E-state index contributed by atoms with van der Waals surface area (Å²) in [6.07, 6.45) is 1.53. The molecule has 3 aromatic heterocycles. The van der Waals surface area contributed by atoms with Crippen molar-refractivity contribution in [2.75, 3.05) is 4.90 Å². The number of hydrogen-bond acceptors (Lipinski definition) is 8. The van der Waals surface area contributed by atoms with Crippen molar-refractivity contribution in [2.45, 2.75) is 19.9 Å². The molecule has 1 aliphatic rings.